The van der Waals surface area contributed by atoms with Gasteiger partial charge in [0.05, 0.1) is 19.3 Å². The van der Waals surface area contributed by atoms with Gasteiger partial charge >= 0.3 is 0 Å². The predicted octanol–water partition coefficient (Wildman–Crippen LogP) is 2.51. The smallest absolute Gasteiger partial charge is 0.248 e. The summed E-state index contributed by atoms with van der Waals surface area (Å²) in [6.07, 6.45) is 2.51. The van der Waals surface area contributed by atoms with E-state index in [0.29, 0.717) is 23.9 Å². The van der Waals surface area contributed by atoms with Crippen molar-refractivity contribution in [3.63, 3.8) is 0 Å². The van der Waals surface area contributed by atoms with Gasteiger partial charge in [0.1, 0.15) is 12.4 Å². The van der Waals surface area contributed by atoms with E-state index in [9.17, 15) is 4.79 Å². The third-order valence-electron chi connectivity index (χ3n) is 6.40. The highest BCUT2D eigenvalue weighted by atomic mass is 16.5. The zero-order valence-corrected chi connectivity index (χ0v) is 16.1. The van der Waals surface area contributed by atoms with Crippen LogP contribution in [0.15, 0.2) is 24.3 Å². The van der Waals surface area contributed by atoms with Crippen LogP contribution in [0.25, 0.3) is 0 Å². The topological polar surface area (TPSA) is 42.0 Å². The summed E-state index contributed by atoms with van der Waals surface area (Å²) in [5.41, 5.74) is 1.31. The van der Waals surface area contributed by atoms with Gasteiger partial charge in [-0.3, -0.25) is 9.69 Å². The number of carbonyl (C=O) groups is 1. The zero-order valence-electron chi connectivity index (χ0n) is 16.1. The molecule has 0 aromatic heterocycles. The Morgan fingerprint density at radius 3 is 2.46 bits per heavy atom. The Morgan fingerprint density at radius 2 is 1.85 bits per heavy atom. The van der Waals surface area contributed by atoms with Crippen LogP contribution in [0.2, 0.25) is 0 Å². The molecule has 2 bridgehead atoms. The van der Waals surface area contributed by atoms with E-state index in [2.05, 4.69) is 21.9 Å². The fourth-order valence-corrected chi connectivity index (χ4v) is 5.17. The maximum Gasteiger partial charge on any atom is 0.248 e. The van der Waals surface area contributed by atoms with Crippen LogP contribution in [-0.4, -0.2) is 67.2 Å². The first kappa shape index (κ1) is 17.8. The standard InChI is InChI=1S/C21H30N2O3/c1-14(2)26-13-19(24)23-12-18(15-4-6-17(25-3)7-5-15)21-20(23)16-8-10-22(21)11-9-16/h4-7,14,16,18,20-21H,8-13H2,1-3H3/t18-,20+,21+/m1/s1. The second-order valence-electron chi connectivity index (χ2n) is 8.14. The predicted molar refractivity (Wildman–Crippen MR) is 100 cm³/mol. The van der Waals surface area contributed by atoms with Gasteiger partial charge in [-0.15, -0.1) is 0 Å². The summed E-state index contributed by atoms with van der Waals surface area (Å²) in [5.74, 6) is 2.04. The van der Waals surface area contributed by atoms with E-state index in [1.54, 1.807) is 7.11 Å². The fraction of sp³-hybridized carbons (Fsp3) is 0.667. The molecular weight excluding hydrogens is 328 g/mol. The average molecular weight is 358 g/mol. The van der Waals surface area contributed by atoms with E-state index in [1.807, 2.05) is 26.0 Å². The number of likely N-dealkylation sites (tertiary alicyclic amines) is 1. The first-order chi connectivity index (χ1) is 12.6. The van der Waals surface area contributed by atoms with Gasteiger partial charge in [0.2, 0.25) is 5.91 Å². The first-order valence-corrected chi connectivity index (χ1v) is 9.87. The molecule has 4 heterocycles. The second-order valence-corrected chi connectivity index (χ2v) is 8.14. The quantitative estimate of drug-likeness (QED) is 0.811. The van der Waals surface area contributed by atoms with E-state index >= 15 is 0 Å². The largest absolute Gasteiger partial charge is 0.497 e. The Bertz CT molecular complexity index is 637. The van der Waals surface area contributed by atoms with Gasteiger partial charge in [-0.2, -0.15) is 0 Å². The molecular formula is C21H30N2O3. The summed E-state index contributed by atoms with van der Waals surface area (Å²) in [7, 11) is 1.70. The van der Waals surface area contributed by atoms with Gasteiger partial charge in [-0.1, -0.05) is 12.1 Å². The van der Waals surface area contributed by atoms with Crippen LogP contribution in [0.3, 0.4) is 0 Å². The Kier molecular flexibility index (Phi) is 4.93. The summed E-state index contributed by atoms with van der Waals surface area (Å²) < 4.78 is 10.9. The van der Waals surface area contributed by atoms with E-state index in [0.717, 1.165) is 12.3 Å². The van der Waals surface area contributed by atoms with Gasteiger partial charge in [0.15, 0.2) is 0 Å². The van der Waals surface area contributed by atoms with Gasteiger partial charge in [0.25, 0.3) is 0 Å². The molecule has 0 unspecified atom stereocenters. The lowest BCUT2D eigenvalue weighted by Gasteiger charge is -2.51. The van der Waals surface area contributed by atoms with Crippen molar-refractivity contribution in [2.24, 2.45) is 5.92 Å². The summed E-state index contributed by atoms with van der Waals surface area (Å²) in [4.78, 5) is 17.7. The number of piperidine rings is 3. The molecule has 1 amide bonds. The molecule has 5 nitrogen and oxygen atoms in total. The van der Waals surface area contributed by atoms with Crippen LogP contribution in [0, 0.1) is 5.92 Å². The van der Waals surface area contributed by atoms with Crippen molar-refractivity contribution in [3.8, 4) is 5.75 Å². The van der Waals surface area contributed by atoms with Crippen LogP contribution in [0.5, 0.6) is 5.75 Å². The Balaban J connectivity index is 1.60. The highest BCUT2D eigenvalue weighted by Gasteiger charge is 2.54. The second kappa shape index (κ2) is 7.20. The van der Waals surface area contributed by atoms with E-state index < -0.39 is 0 Å². The minimum absolute atomic E-state index is 0.0845. The average Bonchev–Trinajstić information content (AvgIpc) is 3.10. The molecule has 1 aromatic carbocycles. The van der Waals surface area contributed by atoms with Crippen LogP contribution in [0.1, 0.15) is 38.2 Å². The molecule has 4 fully saturated rings. The number of ether oxygens (including phenoxy) is 2. The number of rotatable bonds is 5. The number of hydrogen-bond donors (Lipinski definition) is 0. The van der Waals surface area contributed by atoms with Crippen molar-refractivity contribution in [1.29, 1.82) is 0 Å². The molecule has 0 spiro atoms. The maximum absolute atomic E-state index is 12.9. The number of nitrogens with zero attached hydrogens (tertiary/aromatic N) is 2. The highest BCUT2D eigenvalue weighted by molar-refractivity contribution is 5.78. The lowest BCUT2D eigenvalue weighted by Crippen LogP contribution is -2.61. The van der Waals surface area contributed by atoms with Crippen LogP contribution in [-0.2, 0) is 9.53 Å². The van der Waals surface area contributed by atoms with E-state index in [4.69, 9.17) is 9.47 Å². The summed E-state index contributed by atoms with van der Waals surface area (Å²) in [5, 5.41) is 0. The number of amides is 1. The zero-order chi connectivity index (χ0) is 18.3. The summed E-state index contributed by atoms with van der Waals surface area (Å²) in [6, 6.07) is 9.19. The molecule has 26 heavy (non-hydrogen) atoms. The molecule has 0 aliphatic carbocycles. The van der Waals surface area contributed by atoms with Crippen molar-refractivity contribution < 1.29 is 14.3 Å². The molecule has 5 rings (SSSR count). The van der Waals surface area contributed by atoms with E-state index in [-0.39, 0.29) is 18.6 Å². The summed E-state index contributed by atoms with van der Waals surface area (Å²) >= 11 is 0. The van der Waals surface area contributed by atoms with Crippen molar-refractivity contribution in [2.45, 2.75) is 50.8 Å². The SMILES string of the molecule is COc1ccc([C@H]2CN(C(=O)COC(C)C)[C@H]3C4CCN(CC4)[C@@H]23)cc1. The minimum Gasteiger partial charge on any atom is -0.497 e. The summed E-state index contributed by atoms with van der Waals surface area (Å²) in [6.45, 7) is 7.30. The van der Waals surface area contributed by atoms with E-state index in [1.165, 1.54) is 31.5 Å². The lowest BCUT2D eigenvalue weighted by atomic mass is 9.75. The van der Waals surface area contributed by atoms with Crippen molar-refractivity contribution in [2.75, 3.05) is 33.4 Å². The van der Waals surface area contributed by atoms with Crippen molar-refractivity contribution >= 4 is 5.91 Å². The van der Waals surface area contributed by atoms with Gasteiger partial charge in [-0.25, -0.2) is 0 Å². The molecule has 5 heteroatoms. The Hall–Kier alpha value is -1.59. The third-order valence-corrected chi connectivity index (χ3v) is 6.40. The number of carbonyl (C=O) groups excluding carboxylic acids is 1. The third kappa shape index (κ3) is 3.12. The van der Waals surface area contributed by atoms with Gasteiger partial charge in [-0.05, 0) is 63.4 Å². The number of benzene rings is 1. The molecule has 0 radical (unpaired) electrons. The number of hydrogen-bond acceptors (Lipinski definition) is 4. The molecule has 1 aromatic rings. The lowest BCUT2D eigenvalue weighted by molar-refractivity contribution is -0.142. The van der Waals surface area contributed by atoms with Gasteiger partial charge < -0.3 is 14.4 Å². The van der Waals surface area contributed by atoms with Crippen LogP contribution in [0.4, 0.5) is 0 Å². The van der Waals surface area contributed by atoms with Gasteiger partial charge in [0, 0.05) is 18.5 Å². The van der Waals surface area contributed by atoms with Crippen LogP contribution >= 0.6 is 0 Å². The first-order valence-electron chi connectivity index (χ1n) is 9.87. The minimum atomic E-state index is 0.0845. The highest BCUT2D eigenvalue weighted by Crippen LogP contribution is 2.46. The molecule has 4 aliphatic rings. The number of fused-ring (bicyclic) bond motifs is 2. The van der Waals surface area contributed by atoms with Crippen molar-refractivity contribution in [1.82, 2.24) is 9.80 Å². The Labute approximate surface area is 156 Å². The molecule has 3 atom stereocenters. The Morgan fingerprint density at radius 1 is 1.15 bits per heavy atom. The van der Waals surface area contributed by atoms with Crippen molar-refractivity contribution in [3.05, 3.63) is 29.8 Å². The fourth-order valence-electron chi connectivity index (χ4n) is 5.17. The monoisotopic (exact) mass is 358 g/mol. The molecule has 4 aliphatic heterocycles. The number of methoxy groups -OCH3 is 1. The van der Waals surface area contributed by atoms with Crippen LogP contribution < -0.4 is 4.74 Å². The maximum atomic E-state index is 12.9. The normalized spacial score (nSPS) is 32.8. The molecule has 4 saturated heterocycles. The molecule has 0 N–H and O–H groups in total. The molecule has 0 saturated carbocycles. The molecule has 142 valence electrons.